The molecule has 0 saturated heterocycles. The van der Waals surface area contributed by atoms with Crippen LogP contribution in [0.1, 0.15) is 55.1 Å². The van der Waals surface area contributed by atoms with Gasteiger partial charge >= 0.3 is 0 Å². The molecule has 1 heterocycles. The average Bonchev–Trinajstić information content (AvgIpc) is 3.33. The summed E-state index contributed by atoms with van der Waals surface area (Å²) in [5.41, 5.74) is 2.23. The Kier molecular flexibility index (Phi) is 7.36. The van der Waals surface area contributed by atoms with E-state index in [1.54, 1.807) is 11.8 Å². The van der Waals surface area contributed by atoms with Crippen molar-refractivity contribution in [3.8, 4) is 5.75 Å². The number of hydrogen-bond acceptors (Lipinski definition) is 5. The predicted molar refractivity (Wildman–Crippen MR) is 112 cm³/mol. The average molecular weight is 403 g/mol. The fourth-order valence-electron chi connectivity index (χ4n) is 3.78. The summed E-state index contributed by atoms with van der Waals surface area (Å²) in [7, 11) is 0. The molecule has 6 nitrogen and oxygen atoms in total. The van der Waals surface area contributed by atoms with Crippen molar-refractivity contribution in [1.29, 1.82) is 0 Å². The lowest BCUT2D eigenvalue weighted by atomic mass is 10.1. The highest BCUT2D eigenvalue weighted by Gasteiger charge is 2.23. The predicted octanol–water partition coefficient (Wildman–Crippen LogP) is 3.86. The summed E-state index contributed by atoms with van der Waals surface area (Å²) < 4.78 is 7.95. The highest BCUT2D eigenvalue weighted by Crippen LogP contribution is 2.33. The molecule has 0 spiro atoms. The van der Waals surface area contributed by atoms with Crippen LogP contribution < -0.4 is 10.1 Å². The van der Waals surface area contributed by atoms with Crippen molar-refractivity contribution in [3.63, 3.8) is 0 Å². The van der Waals surface area contributed by atoms with Crippen molar-refractivity contribution in [2.45, 2.75) is 63.6 Å². The van der Waals surface area contributed by atoms with E-state index in [2.05, 4.69) is 32.4 Å². The molecule has 0 atom stereocenters. The number of hydrogen-bond donors (Lipinski definition) is 1. The zero-order valence-electron chi connectivity index (χ0n) is 17.0. The molecule has 1 amide bonds. The Morgan fingerprint density at radius 2 is 2.07 bits per heavy atom. The molecular weight excluding hydrogens is 372 g/mol. The second kappa shape index (κ2) is 9.96. The molecule has 1 saturated carbocycles. The van der Waals surface area contributed by atoms with Crippen LogP contribution in [0.5, 0.6) is 5.75 Å². The molecule has 0 aliphatic heterocycles. The molecular formula is C21H30N4O2S. The molecule has 152 valence electrons. The zero-order valence-corrected chi connectivity index (χ0v) is 17.8. The number of nitrogens with zero attached hydrogens (tertiary/aromatic N) is 3. The van der Waals surface area contributed by atoms with Crippen molar-refractivity contribution < 1.29 is 9.53 Å². The van der Waals surface area contributed by atoms with Gasteiger partial charge in [-0.1, -0.05) is 42.3 Å². The number of aromatic nitrogens is 3. The van der Waals surface area contributed by atoms with E-state index < -0.39 is 0 Å². The number of carbonyl (C=O) groups is 1. The van der Waals surface area contributed by atoms with Crippen LogP contribution in [0.15, 0.2) is 23.4 Å². The highest BCUT2D eigenvalue weighted by molar-refractivity contribution is 7.98. The van der Waals surface area contributed by atoms with Gasteiger partial charge in [0.15, 0.2) is 11.8 Å². The number of carbonyl (C=O) groups excluding carboxylic acids is 1. The third-order valence-corrected chi connectivity index (χ3v) is 5.84. The van der Waals surface area contributed by atoms with Crippen molar-refractivity contribution >= 4 is 17.7 Å². The fraction of sp³-hybridized carbons (Fsp3) is 0.571. The van der Waals surface area contributed by atoms with Gasteiger partial charge in [-0.25, -0.2) is 0 Å². The SMILES string of the molecule is CSc1nnc(CCCNC(=O)COc2ccc(C)cc2C)n1C1CCCC1. The zero-order chi connectivity index (χ0) is 19.9. The van der Waals surface area contributed by atoms with Crippen LogP contribution in [0.3, 0.4) is 0 Å². The Morgan fingerprint density at radius 3 is 2.79 bits per heavy atom. The van der Waals surface area contributed by atoms with Crippen LogP contribution in [0.25, 0.3) is 0 Å². The van der Waals surface area contributed by atoms with Gasteiger partial charge in [0.2, 0.25) is 0 Å². The first-order valence-electron chi connectivity index (χ1n) is 10.0. The van der Waals surface area contributed by atoms with Crippen molar-refractivity contribution in [3.05, 3.63) is 35.2 Å². The van der Waals surface area contributed by atoms with Crippen LogP contribution >= 0.6 is 11.8 Å². The number of benzene rings is 1. The van der Waals surface area contributed by atoms with Crippen molar-refractivity contribution in [1.82, 2.24) is 20.1 Å². The Hall–Kier alpha value is -2.02. The maximum Gasteiger partial charge on any atom is 0.257 e. The molecule has 1 aliphatic rings. The van der Waals surface area contributed by atoms with E-state index in [1.165, 1.54) is 31.2 Å². The van der Waals surface area contributed by atoms with E-state index >= 15 is 0 Å². The topological polar surface area (TPSA) is 69.0 Å². The van der Waals surface area contributed by atoms with E-state index in [0.717, 1.165) is 35.1 Å². The second-order valence-electron chi connectivity index (χ2n) is 7.42. The number of amides is 1. The van der Waals surface area contributed by atoms with E-state index in [0.29, 0.717) is 12.6 Å². The number of nitrogens with one attached hydrogen (secondary N) is 1. The lowest BCUT2D eigenvalue weighted by Crippen LogP contribution is -2.30. The van der Waals surface area contributed by atoms with Gasteiger partial charge in [-0.3, -0.25) is 4.79 Å². The first kappa shape index (κ1) is 20.7. The number of thioether (sulfide) groups is 1. The van der Waals surface area contributed by atoms with E-state index in [1.807, 2.05) is 26.0 Å². The summed E-state index contributed by atoms with van der Waals surface area (Å²) in [6.07, 6.45) is 8.71. The Labute approximate surface area is 171 Å². The van der Waals surface area contributed by atoms with E-state index in [9.17, 15) is 4.79 Å². The lowest BCUT2D eigenvalue weighted by Gasteiger charge is -2.16. The Balaban J connectivity index is 1.43. The minimum atomic E-state index is -0.0953. The summed E-state index contributed by atoms with van der Waals surface area (Å²) in [6.45, 7) is 4.68. The van der Waals surface area contributed by atoms with Gasteiger partial charge in [-0.05, 0) is 51.0 Å². The maximum atomic E-state index is 12.1. The molecule has 1 N–H and O–H groups in total. The third kappa shape index (κ3) is 5.28. The molecule has 28 heavy (non-hydrogen) atoms. The van der Waals surface area contributed by atoms with Gasteiger partial charge in [-0.2, -0.15) is 0 Å². The first-order chi connectivity index (χ1) is 13.6. The molecule has 1 fully saturated rings. The maximum absolute atomic E-state index is 12.1. The largest absolute Gasteiger partial charge is 0.484 e. The third-order valence-electron chi connectivity index (χ3n) is 5.20. The lowest BCUT2D eigenvalue weighted by molar-refractivity contribution is -0.123. The van der Waals surface area contributed by atoms with E-state index in [4.69, 9.17) is 4.74 Å². The van der Waals surface area contributed by atoms with Crippen molar-refractivity contribution in [2.24, 2.45) is 0 Å². The summed E-state index contributed by atoms with van der Waals surface area (Å²) >= 11 is 1.66. The standard InChI is InChI=1S/C21H30N4O2S/c1-15-10-11-18(16(2)13-15)27-14-20(26)22-12-6-9-19-23-24-21(28-3)25(19)17-7-4-5-8-17/h10-11,13,17H,4-9,12,14H2,1-3H3,(H,22,26). The normalized spacial score (nSPS) is 14.4. The smallest absolute Gasteiger partial charge is 0.257 e. The molecule has 1 aromatic carbocycles. The van der Waals surface area contributed by atoms with Gasteiger partial charge in [-0.15, -0.1) is 10.2 Å². The fourth-order valence-corrected chi connectivity index (χ4v) is 4.35. The summed E-state index contributed by atoms with van der Waals surface area (Å²) in [5.74, 6) is 1.70. The molecule has 0 unspecified atom stereocenters. The number of ether oxygens (including phenoxy) is 1. The molecule has 0 radical (unpaired) electrons. The van der Waals surface area contributed by atoms with Crippen LogP contribution in [0.4, 0.5) is 0 Å². The molecule has 0 bridgehead atoms. The van der Waals surface area contributed by atoms with Gasteiger partial charge in [0.25, 0.3) is 5.91 Å². The Bertz CT molecular complexity index is 800. The van der Waals surface area contributed by atoms with Crippen LogP contribution in [-0.2, 0) is 11.2 Å². The minimum absolute atomic E-state index is 0.0405. The molecule has 7 heteroatoms. The van der Waals surface area contributed by atoms with Crippen LogP contribution in [-0.4, -0.2) is 40.1 Å². The molecule has 1 aliphatic carbocycles. The molecule has 3 rings (SSSR count). The monoisotopic (exact) mass is 402 g/mol. The Morgan fingerprint density at radius 1 is 1.29 bits per heavy atom. The van der Waals surface area contributed by atoms with Crippen LogP contribution in [0.2, 0.25) is 0 Å². The van der Waals surface area contributed by atoms with Gasteiger partial charge < -0.3 is 14.6 Å². The summed E-state index contributed by atoms with van der Waals surface area (Å²) in [5, 5.41) is 12.7. The highest BCUT2D eigenvalue weighted by atomic mass is 32.2. The summed E-state index contributed by atoms with van der Waals surface area (Å²) in [6, 6.07) is 6.49. The van der Waals surface area contributed by atoms with Gasteiger partial charge in [0, 0.05) is 19.0 Å². The van der Waals surface area contributed by atoms with Crippen molar-refractivity contribution in [2.75, 3.05) is 19.4 Å². The first-order valence-corrected chi connectivity index (χ1v) is 11.3. The van der Waals surface area contributed by atoms with E-state index in [-0.39, 0.29) is 12.5 Å². The van der Waals surface area contributed by atoms with Gasteiger partial charge in [0.1, 0.15) is 11.6 Å². The molecule has 2 aromatic rings. The minimum Gasteiger partial charge on any atom is -0.484 e. The van der Waals surface area contributed by atoms with Crippen LogP contribution in [0, 0.1) is 13.8 Å². The second-order valence-corrected chi connectivity index (χ2v) is 8.20. The number of rotatable bonds is 9. The molecule has 1 aromatic heterocycles. The summed E-state index contributed by atoms with van der Waals surface area (Å²) in [4.78, 5) is 12.1. The quantitative estimate of drug-likeness (QED) is 0.509. The number of aryl methyl sites for hydroxylation is 3. The van der Waals surface area contributed by atoms with Gasteiger partial charge in [0.05, 0.1) is 0 Å².